The lowest BCUT2D eigenvalue weighted by Gasteiger charge is -2.35. The highest BCUT2D eigenvalue weighted by Crippen LogP contribution is 2.56. The third-order valence-electron chi connectivity index (χ3n) is 11.9. The van der Waals surface area contributed by atoms with E-state index in [1.54, 1.807) is 0 Å². The zero-order valence-electron chi connectivity index (χ0n) is 30.1. The van der Waals surface area contributed by atoms with Crippen LogP contribution in [0.3, 0.4) is 0 Å². The molecule has 0 radical (unpaired) electrons. The molecule has 0 unspecified atom stereocenters. The molecule has 0 fully saturated rings. The monoisotopic (exact) mass is 691 g/mol. The van der Waals surface area contributed by atoms with Crippen molar-refractivity contribution >= 4 is 54.9 Å². The Bertz CT molecular complexity index is 2950. The van der Waals surface area contributed by atoms with Crippen LogP contribution in [-0.2, 0) is 5.41 Å². The number of benzene rings is 8. The fraction of sp³-hybridized carbons (Fsp3) is 0.0769. The fourth-order valence-corrected chi connectivity index (χ4v) is 9.58. The number of nitrogens with zero attached hydrogens (tertiary/aromatic N) is 1. The van der Waals surface area contributed by atoms with Crippen LogP contribution in [0.4, 0.5) is 11.4 Å². The average molecular weight is 692 g/mol. The maximum Gasteiger partial charge on any atom is 0.143 e. The Morgan fingerprint density at radius 3 is 1.94 bits per heavy atom. The van der Waals surface area contributed by atoms with E-state index in [0.717, 1.165) is 51.5 Å². The second-order valence-electron chi connectivity index (χ2n) is 14.8. The number of allylic oxidation sites excluding steroid dienone is 4. The molecule has 2 aliphatic carbocycles. The molecule has 1 heterocycles. The van der Waals surface area contributed by atoms with Crippen LogP contribution in [0.1, 0.15) is 42.0 Å². The van der Waals surface area contributed by atoms with Crippen molar-refractivity contribution in [3.05, 3.63) is 216 Å². The van der Waals surface area contributed by atoms with Gasteiger partial charge in [0.25, 0.3) is 0 Å². The molecule has 2 nitrogen and oxygen atoms in total. The summed E-state index contributed by atoms with van der Waals surface area (Å²) in [6.45, 7) is 2.22. The van der Waals surface area contributed by atoms with Crippen molar-refractivity contribution in [2.75, 3.05) is 4.90 Å². The van der Waals surface area contributed by atoms with Crippen LogP contribution in [0.2, 0.25) is 0 Å². The van der Waals surface area contributed by atoms with E-state index in [0.29, 0.717) is 0 Å². The smallest absolute Gasteiger partial charge is 0.143 e. The first-order valence-corrected chi connectivity index (χ1v) is 19.0. The van der Waals surface area contributed by atoms with Gasteiger partial charge in [0, 0.05) is 32.9 Å². The lowest BCUT2D eigenvalue weighted by Crippen LogP contribution is -2.28. The standard InChI is InChI=1S/C52H37NO/c1-34-14-13-18-39(32-34)53(48-33-35-15-5-6-19-40(35)50-45(48)31-30-44-43-22-9-12-25-49(43)54-51(44)50)38-28-26-37(27-29-38)52(36-16-3-2-4-17-36)46-23-10-7-20-41(46)42-21-8-11-24-47(42)52/h2-12,14-17,19-33H,13,18H2,1H3. The minimum absolute atomic E-state index is 0.441. The quantitative estimate of drug-likeness (QED) is 0.167. The number of anilines is 2. The highest BCUT2D eigenvalue weighted by molar-refractivity contribution is 6.26. The summed E-state index contributed by atoms with van der Waals surface area (Å²) in [6.07, 6.45) is 6.68. The van der Waals surface area contributed by atoms with Gasteiger partial charge in [0.2, 0.25) is 0 Å². The van der Waals surface area contributed by atoms with Gasteiger partial charge in [0.1, 0.15) is 11.2 Å². The molecular formula is C52H37NO. The van der Waals surface area contributed by atoms with Crippen LogP contribution in [0.25, 0.3) is 54.6 Å². The molecule has 0 saturated carbocycles. The molecule has 0 bridgehead atoms. The summed E-state index contributed by atoms with van der Waals surface area (Å²) in [5.74, 6) is 0. The normalized spacial score (nSPS) is 14.6. The Balaban J connectivity index is 1.17. The summed E-state index contributed by atoms with van der Waals surface area (Å²) in [5, 5.41) is 7.03. The SMILES string of the molecule is CC1=CCCC(N(c2ccc(C3(c4ccccc4)c4ccccc4-c4ccccc43)cc2)c2cc3ccccc3c3c2ccc2c4ccccc4oc23)=C1. The predicted octanol–water partition coefficient (Wildman–Crippen LogP) is 14.0. The molecule has 256 valence electrons. The molecule has 8 aromatic carbocycles. The van der Waals surface area contributed by atoms with Crippen LogP contribution in [0, 0.1) is 0 Å². The van der Waals surface area contributed by atoms with E-state index >= 15 is 0 Å². The van der Waals surface area contributed by atoms with Gasteiger partial charge in [0.15, 0.2) is 0 Å². The van der Waals surface area contributed by atoms with Crippen LogP contribution in [0.5, 0.6) is 0 Å². The molecular weight excluding hydrogens is 655 g/mol. The van der Waals surface area contributed by atoms with Gasteiger partial charge >= 0.3 is 0 Å². The number of rotatable bonds is 5. The first-order valence-electron chi connectivity index (χ1n) is 19.0. The summed E-state index contributed by atoms with van der Waals surface area (Å²) < 4.78 is 6.72. The van der Waals surface area contributed by atoms with E-state index < -0.39 is 5.41 Å². The Kier molecular flexibility index (Phi) is 6.84. The Labute approximate surface area is 314 Å². The number of hydrogen-bond donors (Lipinski definition) is 0. The van der Waals surface area contributed by atoms with Gasteiger partial charge in [0.05, 0.1) is 11.1 Å². The molecule has 2 heteroatoms. The summed E-state index contributed by atoms with van der Waals surface area (Å²) in [5.41, 5.74) is 14.1. The van der Waals surface area contributed by atoms with Crippen LogP contribution in [0.15, 0.2) is 198 Å². The van der Waals surface area contributed by atoms with Crippen molar-refractivity contribution in [3.8, 4) is 11.1 Å². The molecule has 0 amide bonds. The second kappa shape index (κ2) is 11.9. The molecule has 11 rings (SSSR count). The highest BCUT2D eigenvalue weighted by Gasteiger charge is 2.45. The van der Waals surface area contributed by atoms with E-state index in [9.17, 15) is 0 Å². The molecule has 9 aromatic rings. The fourth-order valence-electron chi connectivity index (χ4n) is 9.58. The zero-order valence-corrected chi connectivity index (χ0v) is 30.1. The first kappa shape index (κ1) is 30.9. The maximum absolute atomic E-state index is 6.72. The zero-order chi connectivity index (χ0) is 35.8. The van der Waals surface area contributed by atoms with Gasteiger partial charge in [-0.2, -0.15) is 0 Å². The van der Waals surface area contributed by atoms with Crippen molar-refractivity contribution in [2.24, 2.45) is 0 Å². The van der Waals surface area contributed by atoms with Gasteiger partial charge < -0.3 is 9.32 Å². The molecule has 0 N–H and O–H groups in total. The molecule has 0 atom stereocenters. The third kappa shape index (κ3) is 4.40. The molecule has 1 aromatic heterocycles. The summed E-state index contributed by atoms with van der Waals surface area (Å²) in [6, 6.07) is 62.5. The van der Waals surface area contributed by atoms with Crippen molar-refractivity contribution in [1.29, 1.82) is 0 Å². The number of para-hydroxylation sites is 1. The minimum atomic E-state index is -0.441. The molecule has 2 aliphatic rings. The van der Waals surface area contributed by atoms with Crippen LogP contribution >= 0.6 is 0 Å². The van der Waals surface area contributed by atoms with Gasteiger partial charge in [-0.05, 0) is 100 Å². The predicted molar refractivity (Wildman–Crippen MR) is 226 cm³/mol. The summed E-state index contributed by atoms with van der Waals surface area (Å²) >= 11 is 0. The van der Waals surface area contributed by atoms with E-state index in [-0.39, 0.29) is 0 Å². The first-order chi connectivity index (χ1) is 26.7. The Morgan fingerprint density at radius 2 is 1.19 bits per heavy atom. The largest absolute Gasteiger partial charge is 0.455 e. The highest BCUT2D eigenvalue weighted by atomic mass is 16.3. The van der Waals surface area contributed by atoms with Gasteiger partial charge in [-0.15, -0.1) is 0 Å². The molecule has 54 heavy (non-hydrogen) atoms. The minimum Gasteiger partial charge on any atom is -0.455 e. The summed E-state index contributed by atoms with van der Waals surface area (Å²) in [4.78, 5) is 2.51. The lowest BCUT2D eigenvalue weighted by molar-refractivity contribution is 0.673. The summed E-state index contributed by atoms with van der Waals surface area (Å²) in [7, 11) is 0. The molecule has 0 saturated heterocycles. The Hall–Kier alpha value is -6.64. The van der Waals surface area contributed by atoms with Crippen molar-refractivity contribution in [1.82, 2.24) is 0 Å². The number of furan rings is 1. The van der Waals surface area contributed by atoms with Gasteiger partial charge in [-0.25, -0.2) is 0 Å². The van der Waals surface area contributed by atoms with E-state index in [1.165, 1.54) is 60.8 Å². The average Bonchev–Trinajstić information content (AvgIpc) is 3.76. The van der Waals surface area contributed by atoms with Crippen LogP contribution in [-0.4, -0.2) is 0 Å². The van der Waals surface area contributed by atoms with Crippen molar-refractivity contribution in [2.45, 2.75) is 25.2 Å². The number of fused-ring (bicyclic) bond motifs is 10. The lowest BCUT2D eigenvalue weighted by atomic mass is 9.67. The van der Waals surface area contributed by atoms with Crippen LogP contribution < -0.4 is 4.90 Å². The van der Waals surface area contributed by atoms with Gasteiger partial charge in [-0.1, -0.05) is 151 Å². The number of hydrogen-bond acceptors (Lipinski definition) is 2. The third-order valence-corrected chi connectivity index (χ3v) is 11.9. The molecule has 0 spiro atoms. The van der Waals surface area contributed by atoms with Gasteiger partial charge in [-0.3, -0.25) is 0 Å². The van der Waals surface area contributed by atoms with Crippen molar-refractivity contribution < 1.29 is 4.42 Å². The maximum atomic E-state index is 6.72. The van der Waals surface area contributed by atoms with E-state index in [4.69, 9.17) is 4.42 Å². The van der Waals surface area contributed by atoms with Crippen molar-refractivity contribution in [3.63, 3.8) is 0 Å². The topological polar surface area (TPSA) is 16.4 Å². The Morgan fingerprint density at radius 1 is 0.556 bits per heavy atom. The second-order valence-corrected chi connectivity index (χ2v) is 14.8. The van der Waals surface area contributed by atoms with E-state index in [2.05, 4.69) is 194 Å². The molecule has 0 aliphatic heterocycles. The van der Waals surface area contributed by atoms with E-state index in [1.807, 2.05) is 0 Å².